The molecule has 33 heavy (non-hydrogen) atoms. The highest BCUT2D eigenvalue weighted by molar-refractivity contribution is 7.17. The number of hydrogen-bond acceptors (Lipinski definition) is 5. The van der Waals surface area contributed by atoms with Crippen LogP contribution in [0.3, 0.4) is 0 Å². The summed E-state index contributed by atoms with van der Waals surface area (Å²) < 4.78 is 18.7. The summed E-state index contributed by atoms with van der Waals surface area (Å²) in [5.74, 6) is -0.00586. The molecule has 1 amide bonds. The van der Waals surface area contributed by atoms with Crippen LogP contribution in [0.25, 0.3) is 0 Å². The van der Waals surface area contributed by atoms with E-state index in [9.17, 15) is 14.0 Å². The maximum atomic E-state index is 13.6. The van der Waals surface area contributed by atoms with Crippen molar-refractivity contribution in [1.82, 2.24) is 0 Å². The smallest absolute Gasteiger partial charge is 0.249 e. The summed E-state index contributed by atoms with van der Waals surface area (Å²) in [5.41, 5.74) is 4.14. The van der Waals surface area contributed by atoms with Crippen molar-refractivity contribution in [2.75, 3.05) is 25.1 Å². The van der Waals surface area contributed by atoms with E-state index in [2.05, 4.69) is 4.99 Å². The van der Waals surface area contributed by atoms with Gasteiger partial charge in [0.15, 0.2) is 5.78 Å². The molecule has 0 unspecified atom stereocenters. The van der Waals surface area contributed by atoms with Crippen LogP contribution in [0.1, 0.15) is 44.8 Å². The number of aryl methyl sites for hydroxylation is 1. The first-order valence-corrected chi connectivity index (χ1v) is 11.8. The van der Waals surface area contributed by atoms with Gasteiger partial charge in [-0.05, 0) is 79.8 Å². The van der Waals surface area contributed by atoms with E-state index < -0.39 is 0 Å². The van der Waals surface area contributed by atoms with Crippen LogP contribution in [0.2, 0.25) is 0 Å². The third kappa shape index (κ3) is 4.09. The molecule has 0 N–H and O–H groups in total. The van der Waals surface area contributed by atoms with E-state index in [1.807, 2.05) is 0 Å². The Balaban J connectivity index is 1.56. The van der Waals surface area contributed by atoms with Crippen LogP contribution in [-0.2, 0) is 17.6 Å². The fourth-order valence-electron chi connectivity index (χ4n) is 4.43. The van der Waals surface area contributed by atoms with E-state index in [1.54, 1.807) is 59.7 Å². The molecular formula is C26H23FN2O3S. The molecule has 0 fully saturated rings. The first kappa shape index (κ1) is 21.5. The molecule has 7 heteroatoms. The number of amides is 1. The molecule has 0 atom stereocenters. The second kappa shape index (κ2) is 8.90. The molecule has 0 radical (unpaired) electrons. The summed E-state index contributed by atoms with van der Waals surface area (Å²) in [6, 6.07) is 13.1. The van der Waals surface area contributed by atoms with Crippen molar-refractivity contribution in [3.63, 3.8) is 0 Å². The van der Waals surface area contributed by atoms with E-state index in [-0.39, 0.29) is 30.6 Å². The first-order valence-electron chi connectivity index (χ1n) is 11.0. The summed E-state index contributed by atoms with van der Waals surface area (Å²) in [5, 5.41) is 0.773. The summed E-state index contributed by atoms with van der Waals surface area (Å²) in [4.78, 5) is 33.8. The molecular weight excluding hydrogens is 439 g/mol. The van der Waals surface area contributed by atoms with Crippen LogP contribution in [0.15, 0.2) is 53.5 Å². The number of halogens is 1. The second-order valence-corrected chi connectivity index (χ2v) is 9.28. The van der Waals surface area contributed by atoms with E-state index in [0.29, 0.717) is 17.0 Å². The fourth-order valence-corrected chi connectivity index (χ4v) is 5.83. The number of nitrogens with zero attached hydrogens (tertiary/aromatic N) is 2. The standard InChI is InChI=1S/C26H23FN2O3S/c1-32-19-12-8-16(9-13-19)21(30)15-29-23(31)14-28-25(17-6-10-18(27)11-7-17)24-20-4-2-3-5-22(20)33-26(24)29/h6-13H,2-5,14-15H2,1H3. The zero-order chi connectivity index (χ0) is 22.9. The van der Waals surface area contributed by atoms with Gasteiger partial charge in [-0.15, -0.1) is 11.3 Å². The molecule has 0 spiro atoms. The van der Waals surface area contributed by atoms with Gasteiger partial charge in [-0.2, -0.15) is 0 Å². The van der Waals surface area contributed by atoms with Gasteiger partial charge in [-0.25, -0.2) is 4.39 Å². The van der Waals surface area contributed by atoms with Crippen molar-refractivity contribution in [3.05, 3.63) is 81.5 Å². The molecule has 2 heterocycles. The number of rotatable bonds is 5. The number of thiophene rings is 1. The molecule has 2 aromatic carbocycles. The summed E-state index contributed by atoms with van der Waals surface area (Å²) in [6.07, 6.45) is 4.05. The first-order chi connectivity index (χ1) is 16.0. The van der Waals surface area contributed by atoms with Gasteiger partial charge >= 0.3 is 0 Å². The monoisotopic (exact) mass is 462 g/mol. The lowest BCUT2D eigenvalue weighted by molar-refractivity contribution is -0.117. The van der Waals surface area contributed by atoms with Crippen molar-refractivity contribution in [3.8, 4) is 5.75 Å². The third-order valence-corrected chi connectivity index (χ3v) is 7.45. The molecule has 0 saturated carbocycles. The number of benzene rings is 2. The largest absolute Gasteiger partial charge is 0.497 e. The molecule has 0 saturated heterocycles. The Bertz CT molecular complexity index is 1250. The molecule has 3 aromatic rings. The molecule has 1 aliphatic carbocycles. The zero-order valence-electron chi connectivity index (χ0n) is 18.3. The number of fused-ring (bicyclic) bond motifs is 3. The number of methoxy groups -OCH3 is 1. The Morgan fingerprint density at radius 1 is 1.09 bits per heavy atom. The second-order valence-electron chi connectivity index (χ2n) is 8.19. The Morgan fingerprint density at radius 2 is 1.82 bits per heavy atom. The average molecular weight is 463 g/mol. The van der Waals surface area contributed by atoms with E-state index in [0.717, 1.165) is 41.8 Å². The number of ether oxygens (including phenoxy) is 1. The SMILES string of the molecule is COc1ccc(C(=O)CN2C(=O)CN=C(c3ccc(F)cc3)c3c2sc2c3CCCC2)cc1. The van der Waals surface area contributed by atoms with Crippen molar-refractivity contribution >= 4 is 33.7 Å². The topological polar surface area (TPSA) is 59.0 Å². The highest BCUT2D eigenvalue weighted by atomic mass is 32.1. The molecule has 5 nitrogen and oxygen atoms in total. The maximum Gasteiger partial charge on any atom is 0.249 e. The quantitative estimate of drug-likeness (QED) is 0.510. The van der Waals surface area contributed by atoms with Crippen molar-refractivity contribution in [1.29, 1.82) is 0 Å². The normalized spacial score (nSPS) is 15.4. The van der Waals surface area contributed by atoms with Crippen molar-refractivity contribution in [2.45, 2.75) is 25.7 Å². The predicted molar refractivity (Wildman–Crippen MR) is 128 cm³/mol. The van der Waals surface area contributed by atoms with E-state index in [1.165, 1.54) is 22.6 Å². The van der Waals surface area contributed by atoms with Crippen molar-refractivity contribution in [2.24, 2.45) is 4.99 Å². The molecule has 2 aliphatic rings. The van der Waals surface area contributed by atoms with Crippen LogP contribution in [0, 0.1) is 5.82 Å². The van der Waals surface area contributed by atoms with Gasteiger partial charge in [0, 0.05) is 21.6 Å². The molecule has 0 bridgehead atoms. The van der Waals surface area contributed by atoms with Gasteiger partial charge in [-0.3, -0.25) is 19.5 Å². The third-order valence-electron chi connectivity index (χ3n) is 6.14. The Hall–Kier alpha value is -3.32. The molecule has 1 aromatic heterocycles. The van der Waals surface area contributed by atoms with Gasteiger partial charge < -0.3 is 4.74 Å². The Morgan fingerprint density at radius 3 is 2.55 bits per heavy atom. The molecule has 168 valence electrons. The summed E-state index contributed by atoms with van der Waals surface area (Å²) in [6.45, 7) is -0.109. The van der Waals surface area contributed by atoms with Gasteiger partial charge in [0.25, 0.3) is 0 Å². The lowest BCUT2D eigenvalue weighted by Crippen LogP contribution is -2.36. The molecule has 1 aliphatic heterocycles. The minimum atomic E-state index is -0.316. The Labute approximate surface area is 195 Å². The summed E-state index contributed by atoms with van der Waals surface area (Å²) >= 11 is 1.59. The van der Waals surface area contributed by atoms with E-state index >= 15 is 0 Å². The number of aliphatic imine (C=N–C) groups is 1. The van der Waals surface area contributed by atoms with Crippen molar-refractivity contribution < 1.29 is 18.7 Å². The maximum absolute atomic E-state index is 13.6. The lowest BCUT2D eigenvalue weighted by Gasteiger charge is -2.20. The van der Waals surface area contributed by atoms with Crippen LogP contribution in [-0.4, -0.2) is 37.6 Å². The molecule has 5 rings (SSSR count). The van der Waals surface area contributed by atoms with E-state index in [4.69, 9.17) is 4.74 Å². The Kier molecular flexibility index (Phi) is 5.81. The highest BCUT2D eigenvalue weighted by Crippen LogP contribution is 2.42. The fraction of sp³-hybridized carbons (Fsp3) is 0.269. The van der Waals surface area contributed by atoms with Crippen LogP contribution in [0.4, 0.5) is 9.39 Å². The number of hydrogen-bond donors (Lipinski definition) is 0. The number of ketones is 1. The number of Topliss-reactive ketones (excluding diaryl/α,β-unsaturated/α-hetero) is 1. The summed E-state index contributed by atoms with van der Waals surface area (Å²) in [7, 11) is 1.57. The number of anilines is 1. The van der Waals surface area contributed by atoms with Crippen LogP contribution < -0.4 is 9.64 Å². The minimum Gasteiger partial charge on any atom is -0.497 e. The lowest BCUT2D eigenvalue weighted by atomic mass is 9.91. The predicted octanol–water partition coefficient (Wildman–Crippen LogP) is 4.84. The highest BCUT2D eigenvalue weighted by Gasteiger charge is 2.33. The number of carbonyl (C=O) groups is 2. The number of carbonyl (C=O) groups excluding carboxylic acids is 2. The minimum absolute atomic E-state index is 0.0518. The van der Waals surface area contributed by atoms with Gasteiger partial charge in [0.05, 0.1) is 19.4 Å². The van der Waals surface area contributed by atoms with Crippen LogP contribution >= 0.6 is 11.3 Å². The van der Waals surface area contributed by atoms with Gasteiger partial charge in [-0.1, -0.05) is 0 Å². The van der Waals surface area contributed by atoms with Gasteiger partial charge in [0.1, 0.15) is 23.1 Å². The van der Waals surface area contributed by atoms with Gasteiger partial charge in [0.2, 0.25) is 5.91 Å². The zero-order valence-corrected chi connectivity index (χ0v) is 19.1. The van der Waals surface area contributed by atoms with Crippen LogP contribution in [0.5, 0.6) is 5.75 Å². The average Bonchev–Trinajstić information content (AvgIpc) is 3.16.